The molecule has 9 atom stereocenters. The van der Waals surface area contributed by atoms with Gasteiger partial charge in [0.15, 0.2) is 28.1 Å². The maximum Gasteiger partial charge on any atom is 0.358 e. The number of nitrogens with zero attached hydrogens (tertiary/aromatic N) is 5. The van der Waals surface area contributed by atoms with Gasteiger partial charge in [-0.2, -0.15) is 0 Å². The zero-order valence-corrected chi connectivity index (χ0v) is 44.7. The first-order valence-corrected chi connectivity index (χ1v) is 25.6. The van der Waals surface area contributed by atoms with Gasteiger partial charge in [0.05, 0.1) is 46.9 Å². The van der Waals surface area contributed by atoms with E-state index in [1.54, 1.807) is 39.8 Å². The smallest absolute Gasteiger partial charge is 0.358 e. The number of anilines is 2. The van der Waals surface area contributed by atoms with Crippen molar-refractivity contribution in [1.82, 2.24) is 19.9 Å². The third-order valence-electron chi connectivity index (χ3n) is 14.8. The van der Waals surface area contributed by atoms with Crippen LogP contribution in [0.15, 0.2) is 80.9 Å². The average molecular weight is 1060 g/mol. The average Bonchev–Trinajstić information content (AvgIpc) is 3.84. The van der Waals surface area contributed by atoms with Crippen molar-refractivity contribution < 1.29 is 62.9 Å². The number of ether oxygens (including phenoxy) is 5. The fourth-order valence-corrected chi connectivity index (χ4v) is 10.5. The molecule has 1 fully saturated rings. The van der Waals surface area contributed by atoms with Crippen molar-refractivity contribution >= 4 is 68.0 Å². The van der Waals surface area contributed by atoms with Crippen molar-refractivity contribution in [3.8, 4) is 11.5 Å². The number of aromatic hydroxyl groups is 1. The fourth-order valence-electron chi connectivity index (χ4n) is 10.5. The number of carbonyl (C=O) groups excluding carboxylic acids is 3. The van der Waals surface area contributed by atoms with Crippen LogP contribution in [0.5, 0.6) is 11.5 Å². The number of hydrogen-bond acceptors (Lipinski definition) is 20. The summed E-state index contributed by atoms with van der Waals surface area (Å²) in [6, 6.07) is 3.07. The van der Waals surface area contributed by atoms with Gasteiger partial charge in [0.1, 0.15) is 35.4 Å². The van der Waals surface area contributed by atoms with E-state index >= 15 is 4.79 Å². The first kappa shape index (κ1) is 55.8. The number of amides is 1. The van der Waals surface area contributed by atoms with Crippen molar-refractivity contribution in [2.24, 2.45) is 29.6 Å². The molecule has 0 spiro atoms. The van der Waals surface area contributed by atoms with Crippen LogP contribution in [-0.4, -0.2) is 135 Å². The van der Waals surface area contributed by atoms with Gasteiger partial charge < -0.3 is 58.7 Å². The maximum atomic E-state index is 15.2. The number of hydrogen-bond donors (Lipinski definition) is 5. The molecule has 21 heteroatoms. The number of methoxy groups -OCH3 is 1. The van der Waals surface area contributed by atoms with Gasteiger partial charge in [-0.15, -0.1) is 0 Å². The number of phenols is 1. The van der Waals surface area contributed by atoms with Crippen LogP contribution in [0.1, 0.15) is 71.4 Å². The highest BCUT2D eigenvalue weighted by molar-refractivity contribution is 6.17. The molecule has 0 saturated carbocycles. The lowest BCUT2D eigenvalue weighted by molar-refractivity contribution is -0.160. The second kappa shape index (κ2) is 22.6. The summed E-state index contributed by atoms with van der Waals surface area (Å²) in [6.07, 6.45) is 6.56. The number of piperazine rings is 1. The number of benzene rings is 3. The molecule has 5 N–H and O–H groups in total. The van der Waals surface area contributed by atoms with E-state index in [9.17, 15) is 39.6 Å². The maximum absolute atomic E-state index is 15.2. The molecular formula is C56H66N6O15. The molecule has 9 rings (SSSR count). The van der Waals surface area contributed by atoms with Crippen LogP contribution in [-0.2, 0) is 28.5 Å². The van der Waals surface area contributed by atoms with E-state index in [0.29, 0.717) is 24.7 Å². The highest BCUT2D eigenvalue weighted by Crippen LogP contribution is 2.42. The standard InChI is InChI=1S/C56H66N6O15/c1-27(2)25-61-17-19-62(20-18-61)35-22-37(64)43-39(23-35)76-52-44(59-43)40-41-48(67)32(7)51-42(40)53(69)56(9,77-51)74-21-14-38(72-10)29(4)50(75-33(8)63)31(6)47(66)30(5)46(65)28(3)12-11-13-34(54(70)60-45(52)49(41)68)26-73-55(71)36-24-57-15-16-58-36/h11-16,21-24,27-31,38,46-47,50,65-67,69H,17-20,25-26H2,1-10H3,(H,60,70)/b12-11+,21-14+,34-13-. The van der Waals surface area contributed by atoms with Crippen LogP contribution < -0.4 is 31.0 Å². The van der Waals surface area contributed by atoms with E-state index in [0.717, 1.165) is 19.6 Å². The molecule has 1 saturated heterocycles. The highest BCUT2D eigenvalue weighted by Gasteiger charge is 2.44. The Hall–Kier alpha value is -7.46. The summed E-state index contributed by atoms with van der Waals surface area (Å²) in [5.41, 5.74) is -2.72. The van der Waals surface area contributed by atoms with E-state index < -0.39 is 112 Å². The molecule has 4 aliphatic rings. The number of esters is 2. The molecule has 3 aromatic carbocycles. The van der Waals surface area contributed by atoms with Crippen LogP contribution in [0.25, 0.3) is 38.7 Å². The number of nitrogens with one attached hydrogen (secondary N) is 1. The Labute approximate surface area is 443 Å². The monoisotopic (exact) mass is 1060 g/mol. The Morgan fingerprint density at radius 2 is 1.68 bits per heavy atom. The van der Waals surface area contributed by atoms with Crippen molar-refractivity contribution in [3.05, 3.63) is 104 Å². The number of aromatic nitrogens is 3. The van der Waals surface area contributed by atoms with Gasteiger partial charge in [0, 0.05) is 119 Å². The molecule has 0 radical (unpaired) electrons. The molecule has 410 valence electrons. The summed E-state index contributed by atoms with van der Waals surface area (Å²) in [7, 11) is 1.42. The van der Waals surface area contributed by atoms with Gasteiger partial charge in [-0.25, -0.2) is 14.8 Å². The lowest BCUT2D eigenvalue weighted by atomic mass is 9.78. The number of allylic oxidation sites excluding steroid dienone is 2. The SMILES string of the molecule is COC1/C=C/OC2(C)Oc3c(C)c(O)c4c(=O)c(c5oc6cc(N7CCN(CC(C)C)CC7)cc(=O)c6nc5c4c3=C2O)NC(=O)/C(COC(=O)c2cnccn2)=C\C=C\C(C)C(O)C(C)C(O)C(C)C(OC(C)=O)C1C. The Balaban J connectivity index is 1.36. The Morgan fingerprint density at radius 3 is 2.34 bits per heavy atom. The van der Waals surface area contributed by atoms with Crippen LogP contribution in [0.2, 0.25) is 0 Å². The predicted molar refractivity (Wildman–Crippen MR) is 285 cm³/mol. The predicted octanol–water partition coefficient (Wildman–Crippen LogP) is 4.97. The quantitative estimate of drug-likeness (QED) is 0.0779. The minimum absolute atomic E-state index is 0.0117. The number of phenolic OH excluding ortho intramolecular Hbond substituents is 1. The molecule has 0 aliphatic carbocycles. The molecular weight excluding hydrogens is 997 g/mol. The molecule has 5 bridgehead atoms. The summed E-state index contributed by atoms with van der Waals surface area (Å²) >= 11 is 0. The molecule has 9 unspecified atom stereocenters. The van der Waals surface area contributed by atoms with Crippen LogP contribution in [0.4, 0.5) is 11.4 Å². The minimum atomic E-state index is -2.05. The zero-order valence-electron chi connectivity index (χ0n) is 44.7. The second-order valence-corrected chi connectivity index (χ2v) is 20.7. The van der Waals surface area contributed by atoms with E-state index in [2.05, 4.69) is 34.0 Å². The molecule has 4 aliphatic heterocycles. The van der Waals surface area contributed by atoms with Crippen molar-refractivity contribution in [3.63, 3.8) is 0 Å². The summed E-state index contributed by atoms with van der Waals surface area (Å²) in [4.78, 5) is 87.1. The molecule has 1 amide bonds. The van der Waals surface area contributed by atoms with E-state index in [4.69, 9.17) is 33.1 Å². The van der Waals surface area contributed by atoms with E-state index in [1.807, 2.05) is 4.90 Å². The van der Waals surface area contributed by atoms with Gasteiger partial charge in [-0.3, -0.25) is 29.1 Å². The van der Waals surface area contributed by atoms with Gasteiger partial charge in [-0.05, 0) is 18.9 Å². The molecule has 5 aromatic rings. The Kier molecular flexibility index (Phi) is 16.4. The normalized spacial score (nSPS) is 27.3. The number of aliphatic hydroxyl groups excluding tert-OH is 3. The molecule has 6 heterocycles. The van der Waals surface area contributed by atoms with Gasteiger partial charge in [0.2, 0.25) is 10.9 Å². The summed E-state index contributed by atoms with van der Waals surface area (Å²) in [5, 5.41) is 49.7. The van der Waals surface area contributed by atoms with Crippen LogP contribution in [0.3, 0.4) is 0 Å². The second-order valence-electron chi connectivity index (χ2n) is 20.7. The molecule has 21 nitrogen and oxygen atoms in total. The van der Waals surface area contributed by atoms with Gasteiger partial charge in [0.25, 0.3) is 5.91 Å². The Bertz CT molecular complexity index is 3370. The zero-order chi connectivity index (χ0) is 55.8. The van der Waals surface area contributed by atoms with Crippen molar-refractivity contribution in [2.45, 2.75) is 92.5 Å². The lowest BCUT2D eigenvalue weighted by Gasteiger charge is -2.38. The van der Waals surface area contributed by atoms with Gasteiger partial charge in [-0.1, -0.05) is 59.8 Å². The highest BCUT2D eigenvalue weighted by atomic mass is 16.7. The summed E-state index contributed by atoms with van der Waals surface area (Å²) in [5.74, 6) is -8.37. The fraction of sp³-hybridized carbons (Fsp3) is 0.464. The van der Waals surface area contributed by atoms with Crippen LogP contribution >= 0.6 is 0 Å². The minimum Gasteiger partial charge on any atom is -0.507 e. The third-order valence-corrected chi connectivity index (χ3v) is 14.8. The van der Waals surface area contributed by atoms with Crippen molar-refractivity contribution in [2.75, 3.05) is 56.7 Å². The van der Waals surface area contributed by atoms with E-state index in [-0.39, 0.29) is 55.4 Å². The third kappa shape index (κ3) is 11.1. The number of carbonyl (C=O) groups is 3. The first-order chi connectivity index (χ1) is 36.5. The van der Waals surface area contributed by atoms with E-state index in [1.165, 1.54) is 77.0 Å². The van der Waals surface area contributed by atoms with Crippen molar-refractivity contribution in [1.29, 1.82) is 0 Å². The van der Waals surface area contributed by atoms with Crippen LogP contribution in [0, 0.1) is 36.5 Å². The Morgan fingerprint density at radius 1 is 0.948 bits per heavy atom. The summed E-state index contributed by atoms with van der Waals surface area (Å²) < 4.78 is 36.2. The topological polar surface area (TPSA) is 283 Å². The molecule has 77 heavy (non-hydrogen) atoms. The largest absolute Gasteiger partial charge is 0.507 e. The lowest BCUT2D eigenvalue weighted by Crippen LogP contribution is -2.47. The number of rotatable bonds is 8. The number of aliphatic hydroxyl groups is 3. The first-order valence-electron chi connectivity index (χ1n) is 25.6. The number of fused-ring (bicyclic) bond motifs is 14. The molecule has 2 aromatic heterocycles. The summed E-state index contributed by atoms with van der Waals surface area (Å²) in [6.45, 7) is 18.0. The van der Waals surface area contributed by atoms with Gasteiger partial charge >= 0.3 is 17.7 Å².